The van der Waals surface area contributed by atoms with E-state index in [1.54, 1.807) is 12.2 Å². The predicted octanol–water partition coefficient (Wildman–Crippen LogP) is 2.60. The van der Waals surface area contributed by atoms with Crippen molar-refractivity contribution >= 4 is 17.7 Å². The highest BCUT2D eigenvalue weighted by Crippen LogP contribution is 2.23. The summed E-state index contributed by atoms with van der Waals surface area (Å²) in [4.78, 5) is 24.8. The third-order valence-corrected chi connectivity index (χ3v) is 2.68. The number of rotatable bonds is 7. The molecule has 0 atom stereocenters. The van der Waals surface area contributed by atoms with Crippen LogP contribution in [0.5, 0.6) is 5.75 Å². The third kappa shape index (κ3) is 4.38. The maximum absolute atomic E-state index is 12.2. The van der Waals surface area contributed by atoms with E-state index in [0.717, 1.165) is 0 Å². The number of hydrogen-bond acceptors (Lipinski definition) is 3. The fourth-order valence-electron chi connectivity index (χ4n) is 1.69. The van der Waals surface area contributed by atoms with E-state index in [-0.39, 0.29) is 11.3 Å². The van der Waals surface area contributed by atoms with Crippen molar-refractivity contribution in [3.05, 3.63) is 49.1 Å². The number of aromatic carboxylic acids is 1. The van der Waals surface area contributed by atoms with E-state index >= 15 is 0 Å². The molecule has 0 fully saturated rings. The van der Waals surface area contributed by atoms with Gasteiger partial charge < -0.3 is 20.1 Å². The zero-order chi connectivity index (χ0) is 15.8. The number of carboxylic acid groups (broad SMARTS) is 1. The van der Waals surface area contributed by atoms with Gasteiger partial charge >= 0.3 is 12.0 Å². The summed E-state index contributed by atoms with van der Waals surface area (Å²) in [5.74, 6) is -0.679. The molecule has 2 amide bonds. The number of carbonyl (C=O) groups is 2. The van der Waals surface area contributed by atoms with E-state index in [2.05, 4.69) is 18.5 Å². The van der Waals surface area contributed by atoms with Gasteiger partial charge in [-0.3, -0.25) is 0 Å². The first kappa shape index (κ1) is 16.3. The van der Waals surface area contributed by atoms with Crippen molar-refractivity contribution in [3.63, 3.8) is 0 Å². The Kier molecular flexibility index (Phi) is 6.00. The second-order valence-electron chi connectivity index (χ2n) is 4.13. The first-order valence-corrected chi connectivity index (χ1v) is 6.22. The van der Waals surface area contributed by atoms with Gasteiger partial charge in [-0.15, -0.1) is 13.2 Å². The molecule has 6 heteroatoms. The standard InChI is InChI=1S/C15H18N2O4/c1-4-8-17(9-5-2)15(20)16-13-10-11(21-3)6-7-12(13)14(18)19/h4-7,10H,1-2,8-9H2,3H3,(H,16,20)(H,18,19). The Morgan fingerprint density at radius 3 is 2.43 bits per heavy atom. The SMILES string of the molecule is C=CCN(CC=C)C(=O)Nc1cc(OC)ccc1C(=O)O. The molecule has 0 aliphatic rings. The van der Waals surface area contributed by atoms with Gasteiger partial charge in [0.05, 0.1) is 18.4 Å². The molecule has 0 unspecified atom stereocenters. The van der Waals surface area contributed by atoms with Gasteiger partial charge in [-0.05, 0) is 12.1 Å². The first-order chi connectivity index (χ1) is 10.0. The highest BCUT2D eigenvalue weighted by atomic mass is 16.5. The van der Waals surface area contributed by atoms with Crippen molar-refractivity contribution in [3.8, 4) is 5.75 Å². The van der Waals surface area contributed by atoms with E-state index in [9.17, 15) is 9.59 Å². The van der Waals surface area contributed by atoms with Gasteiger partial charge in [-0.1, -0.05) is 12.2 Å². The molecule has 1 aromatic carbocycles. The predicted molar refractivity (Wildman–Crippen MR) is 80.9 cm³/mol. The summed E-state index contributed by atoms with van der Waals surface area (Å²) >= 11 is 0. The van der Waals surface area contributed by atoms with Crippen LogP contribution in [0.3, 0.4) is 0 Å². The van der Waals surface area contributed by atoms with Crippen molar-refractivity contribution in [2.45, 2.75) is 0 Å². The van der Waals surface area contributed by atoms with Crippen molar-refractivity contribution < 1.29 is 19.4 Å². The van der Waals surface area contributed by atoms with Gasteiger partial charge in [0.25, 0.3) is 0 Å². The zero-order valence-electron chi connectivity index (χ0n) is 11.8. The Morgan fingerprint density at radius 2 is 1.95 bits per heavy atom. The Morgan fingerprint density at radius 1 is 1.33 bits per heavy atom. The number of nitrogens with one attached hydrogen (secondary N) is 1. The number of carboxylic acids is 1. The minimum absolute atomic E-state index is 0.0127. The van der Waals surface area contributed by atoms with Gasteiger partial charge in [-0.2, -0.15) is 0 Å². The van der Waals surface area contributed by atoms with Crippen molar-refractivity contribution in [1.29, 1.82) is 0 Å². The summed E-state index contributed by atoms with van der Waals surface area (Å²) in [6.45, 7) is 7.80. The minimum Gasteiger partial charge on any atom is -0.497 e. The molecule has 0 aliphatic heterocycles. The molecular formula is C15H18N2O4. The van der Waals surface area contributed by atoms with Crippen LogP contribution in [0, 0.1) is 0 Å². The van der Waals surface area contributed by atoms with E-state index in [4.69, 9.17) is 9.84 Å². The largest absolute Gasteiger partial charge is 0.497 e. The number of ether oxygens (including phenoxy) is 1. The van der Waals surface area contributed by atoms with Gasteiger partial charge in [0, 0.05) is 19.2 Å². The van der Waals surface area contributed by atoms with Gasteiger partial charge in [0.1, 0.15) is 5.75 Å². The highest BCUT2D eigenvalue weighted by molar-refractivity contribution is 6.00. The number of amides is 2. The number of hydrogen-bond donors (Lipinski definition) is 2. The van der Waals surface area contributed by atoms with E-state index < -0.39 is 12.0 Å². The van der Waals surface area contributed by atoms with E-state index in [0.29, 0.717) is 18.8 Å². The average molecular weight is 290 g/mol. The maximum Gasteiger partial charge on any atom is 0.337 e. The van der Waals surface area contributed by atoms with Crippen LogP contribution in [0.25, 0.3) is 0 Å². The third-order valence-electron chi connectivity index (χ3n) is 2.68. The molecule has 0 heterocycles. The lowest BCUT2D eigenvalue weighted by molar-refractivity contribution is 0.0698. The molecule has 21 heavy (non-hydrogen) atoms. The molecule has 0 aromatic heterocycles. The normalized spacial score (nSPS) is 9.57. The van der Waals surface area contributed by atoms with Crippen LogP contribution in [0.15, 0.2) is 43.5 Å². The second-order valence-corrected chi connectivity index (χ2v) is 4.13. The van der Waals surface area contributed by atoms with Crippen LogP contribution >= 0.6 is 0 Å². The van der Waals surface area contributed by atoms with Gasteiger partial charge in [0.15, 0.2) is 0 Å². The number of carbonyl (C=O) groups excluding carboxylic acids is 1. The lowest BCUT2D eigenvalue weighted by Gasteiger charge is -2.20. The van der Waals surface area contributed by atoms with Crippen LogP contribution in [0.1, 0.15) is 10.4 Å². The fraction of sp³-hybridized carbons (Fsp3) is 0.200. The Labute approximate surface area is 123 Å². The summed E-state index contributed by atoms with van der Waals surface area (Å²) in [6.07, 6.45) is 3.15. The molecule has 1 aromatic rings. The molecule has 1 rings (SSSR count). The topological polar surface area (TPSA) is 78.9 Å². The van der Waals surface area contributed by atoms with Gasteiger partial charge in [0.2, 0.25) is 0 Å². The van der Waals surface area contributed by atoms with Crippen LogP contribution in [0.2, 0.25) is 0 Å². The lowest BCUT2D eigenvalue weighted by atomic mass is 10.1. The molecule has 0 saturated carbocycles. The van der Waals surface area contributed by atoms with Crippen molar-refractivity contribution in [1.82, 2.24) is 4.90 Å². The fourth-order valence-corrected chi connectivity index (χ4v) is 1.69. The lowest BCUT2D eigenvalue weighted by Crippen LogP contribution is -2.35. The Bertz CT molecular complexity index is 545. The zero-order valence-corrected chi connectivity index (χ0v) is 11.8. The monoisotopic (exact) mass is 290 g/mol. The Hall–Kier alpha value is -2.76. The molecule has 2 N–H and O–H groups in total. The molecule has 112 valence electrons. The smallest absolute Gasteiger partial charge is 0.337 e. The molecule has 0 saturated heterocycles. The average Bonchev–Trinajstić information content (AvgIpc) is 2.46. The maximum atomic E-state index is 12.2. The summed E-state index contributed by atoms with van der Waals surface area (Å²) in [5.41, 5.74) is 0.159. The number of nitrogens with zero attached hydrogens (tertiary/aromatic N) is 1. The summed E-state index contributed by atoms with van der Waals surface area (Å²) in [5, 5.41) is 11.7. The molecule has 0 spiro atoms. The number of anilines is 1. The highest BCUT2D eigenvalue weighted by Gasteiger charge is 2.16. The number of benzene rings is 1. The summed E-state index contributed by atoms with van der Waals surface area (Å²) < 4.78 is 5.04. The molecule has 0 radical (unpaired) electrons. The molecule has 0 bridgehead atoms. The summed E-state index contributed by atoms with van der Waals surface area (Å²) in [6, 6.07) is 3.92. The van der Waals surface area contributed by atoms with Gasteiger partial charge in [-0.25, -0.2) is 9.59 Å². The van der Waals surface area contributed by atoms with Crippen LogP contribution < -0.4 is 10.1 Å². The Balaban J connectivity index is 3.03. The second kappa shape index (κ2) is 7.74. The summed E-state index contributed by atoms with van der Waals surface area (Å²) in [7, 11) is 1.46. The molecule has 0 aliphatic carbocycles. The van der Waals surface area contributed by atoms with Crippen LogP contribution in [-0.2, 0) is 0 Å². The quantitative estimate of drug-likeness (QED) is 0.756. The van der Waals surface area contributed by atoms with Crippen LogP contribution in [0.4, 0.5) is 10.5 Å². The van der Waals surface area contributed by atoms with E-state index in [1.807, 2.05) is 0 Å². The first-order valence-electron chi connectivity index (χ1n) is 6.22. The minimum atomic E-state index is -1.13. The number of methoxy groups -OCH3 is 1. The van der Waals surface area contributed by atoms with Crippen LogP contribution in [-0.4, -0.2) is 42.2 Å². The molecule has 6 nitrogen and oxygen atoms in total. The van der Waals surface area contributed by atoms with Crippen molar-refractivity contribution in [2.75, 3.05) is 25.5 Å². The molecular weight excluding hydrogens is 272 g/mol. The number of urea groups is 1. The van der Waals surface area contributed by atoms with Crippen molar-refractivity contribution in [2.24, 2.45) is 0 Å². The van der Waals surface area contributed by atoms with E-state index in [1.165, 1.54) is 30.2 Å².